The molecule has 0 spiro atoms. The van der Waals surface area contributed by atoms with Crippen LogP contribution in [-0.2, 0) is 0 Å². The van der Waals surface area contributed by atoms with Gasteiger partial charge in [0.2, 0.25) is 0 Å². The molecule has 184 valence electrons. The molecule has 36 heavy (non-hydrogen) atoms. The molecule has 0 radical (unpaired) electrons. The molecule has 5 rings (SSSR count). The molecule has 2 aromatic carbocycles. The quantitative estimate of drug-likeness (QED) is 0.301. The van der Waals surface area contributed by atoms with E-state index < -0.39 is 17.4 Å². The molecule has 0 aliphatic heterocycles. The van der Waals surface area contributed by atoms with Crippen molar-refractivity contribution in [2.75, 3.05) is 17.2 Å². The van der Waals surface area contributed by atoms with Gasteiger partial charge in [-0.2, -0.15) is 5.26 Å². The highest BCUT2D eigenvalue weighted by Gasteiger charge is 2.27. The highest BCUT2D eigenvalue weighted by molar-refractivity contribution is 6.35. The van der Waals surface area contributed by atoms with Crippen molar-refractivity contribution in [1.82, 2.24) is 20.0 Å². The van der Waals surface area contributed by atoms with E-state index in [1.807, 2.05) is 0 Å². The SMILES string of the molecule is [2H]C(Nc1cc(Cl)c2ncc(C#N)c(NC(C)(C)CO)c2c1)(c1ccc(F)cc1)c1cn(C2CC2)nn1. The minimum Gasteiger partial charge on any atom is -0.394 e. The van der Waals surface area contributed by atoms with Gasteiger partial charge < -0.3 is 15.7 Å². The van der Waals surface area contributed by atoms with Gasteiger partial charge in [-0.05, 0) is 56.5 Å². The maximum Gasteiger partial charge on any atom is 0.123 e. The largest absolute Gasteiger partial charge is 0.394 e. The molecular formula is C26H25ClFN7O. The first-order valence-corrected chi connectivity index (χ1v) is 11.9. The summed E-state index contributed by atoms with van der Waals surface area (Å²) in [6.45, 7) is 3.43. The summed E-state index contributed by atoms with van der Waals surface area (Å²) >= 11 is 6.62. The van der Waals surface area contributed by atoms with E-state index >= 15 is 0 Å². The summed E-state index contributed by atoms with van der Waals surface area (Å²) in [6.07, 6.45) is 5.18. The van der Waals surface area contributed by atoms with Crippen LogP contribution in [0.2, 0.25) is 5.02 Å². The molecular weight excluding hydrogens is 481 g/mol. The number of fused-ring (bicyclic) bond motifs is 1. The fourth-order valence-electron chi connectivity index (χ4n) is 3.88. The molecule has 2 heterocycles. The lowest BCUT2D eigenvalue weighted by molar-refractivity contribution is 0.234. The number of aliphatic hydroxyl groups excluding tert-OH is 1. The van der Waals surface area contributed by atoms with Crippen LogP contribution in [0.4, 0.5) is 15.8 Å². The number of nitrogens with zero attached hydrogens (tertiary/aromatic N) is 5. The maximum absolute atomic E-state index is 13.7. The molecule has 1 atom stereocenters. The van der Waals surface area contributed by atoms with E-state index in [-0.39, 0.29) is 18.2 Å². The Balaban J connectivity index is 1.64. The van der Waals surface area contributed by atoms with Crippen LogP contribution in [0.15, 0.2) is 48.8 Å². The number of aromatic nitrogens is 4. The lowest BCUT2D eigenvalue weighted by Crippen LogP contribution is -2.35. The van der Waals surface area contributed by atoms with Crippen molar-refractivity contribution in [2.24, 2.45) is 0 Å². The summed E-state index contributed by atoms with van der Waals surface area (Å²) in [5.74, 6) is -0.418. The smallest absolute Gasteiger partial charge is 0.123 e. The van der Waals surface area contributed by atoms with Gasteiger partial charge in [0.25, 0.3) is 0 Å². The Labute approximate surface area is 214 Å². The Morgan fingerprint density at radius 1 is 1.33 bits per heavy atom. The molecule has 0 bridgehead atoms. The number of hydrogen-bond acceptors (Lipinski definition) is 7. The number of pyridine rings is 1. The fraction of sp³-hybridized carbons (Fsp3) is 0.308. The minimum absolute atomic E-state index is 0.176. The summed E-state index contributed by atoms with van der Waals surface area (Å²) in [7, 11) is 0. The van der Waals surface area contributed by atoms with Gasteiger partial charge in [-0.25, -0.2) is 9.07 Å². The van der Waals surface area contributed by atoms with Crippen LogP contribution < -0.4 is 10.6 Å². The third-order valence-corrected chi connectivity index (χ3v) is 6.28. The van der Waals surface area contributed by atoms with Crippen molar-refractivity contribution >= 4 is 33.9 Å². The van der Waals surface area contributed by atoms with Crippen molar-refractivity contribution in [3.8, 4) is 6.07 Å². The number of halogens is 2. The molecule has 1 aliphatic carbocycles. The molecule has 0 amide bonds. The number of nitriles is 1. The average Bonchev–Trinajstić information content (AvgIpc) is 3.60. The molecule has 1 saturated carbocycles. The number of anilines is 2. The molecule has 4 aromatic rings. The lowest BCUT2D eigenvalue weighted by Gasteiger charge is -2.27. The second-order valence-electron chi connectivity index (χ2n) is 9.50. The van der Waals surface area contributed by atoms with Crippen LogP contribution in [0.5, 0.6) is 0 Å². The Morgan fingerprint density at radius 3 is 2.75 bits per heavy atom. The molecule has 1 unspecified atom stereocenters. The van der Waals surface area contributed by atoms with Gasteiger partial charge in [-0.15, -0.1) is 5.10 Å². The molecule has 2 aromatic heterocycles. The number of aliphatic hydroxyl groups is 1. The minimum atomic E-state index is -1.63. The molecule has 1 aliphatic rings. The summed E-state index contributed by atoms with van der Waals surface area (Å²) < 4.78 is 25.0. The maximum atomic E-state index is 13.7. The summed E-state index contributed by atoms with van der Waals surface area (Å²) in [5.41, 5.74) is 1.73. The molecule has 1 fully saturated rings. The lowest BCUT2D eigenvalue weighted by atomic mass is 10.0. The van der Waals surface area contributed by atoms with Crippen molar-refractivity contribution in [2.45, 2.75) is 44.3 Å². The highest BCUT2D eigenvalue weighted by atomic mass is 35.5. The highest BCUT2D eigenvalue weighted by Crippen LogP contribution is 2.37. The van der Waals surface area contributed by atoms with Gasteiger partial charge in [-0.1, -0.05) is 28.9 Å². The van der Waals surface area contributed by atoms with Crippen LogP contribution in [0.1, 0.15) is 56.9 Å². The van der Waals surface area contributed by atoms with Gasteiger partial charge in [0, 0.05) is 17.3 Å². The van der Waals surface area contributed by atoms with E-state index in [0.29, 0.717) is 38.6 Å². The number of nitrogens with one attached hydrogen (secondary N) is 2. The van der Waals surface area contributed by atoms with Gasteiger partial charge >= 0.3 is 0 Å². The average molecular weight is 507 g/mol. The van der Waals surface area contributed by atoms with Gasteiger partial charge in [0.15, 0.2) is 0 Å². The first-order chi connectivity index (χ1) is 17.6. The normalized spacial score (nSPS) is 15.7. The first-order valence-electron chi connectivity index (χ1n) is 12.0. The Bertz CT molecular complexity index is 1510. The predicted octanol–water partition coefficient (Wildman–Crippen LogP) is 5.21. The van der Waals surface area contributed by atoms with Crippen LogP contribution in [0.25, 0.3) is 10.9 Å². The topological polar surface area (TPSA) is 112 Å². The fourth-order valence-corrected chi connectivity index (χ4v) is 4.15. The zero-order valence-electron chi connectivity index (χ0n) is 20.8. The van der Waals surface area contributed by atoms with Gasteiger partial charge in [0.1, 0.15) is 17.6 Å². The monoisotopic (exact) mass is 506 g/mol. The van der Waals surface area contributed by atoms with Gasteiger partial charge in [0.05, 0.1) is 53.6 Å². The first kappa shape index (κ1) is 22.7. The molecule has 0 saturated heterocycles. The third-order valence-electron chi connectivity index (χ3n) is 5.99. The van der Waals surface area contributed by atoms with E-state index in [0.717, 1.165) is 12.8 Å². The van der Waals surface area contributed by atoms with E-state index in [1.165, 1.54) is 30.5 Å². The van der Waals surface area contributed by atoms with E-state index in [4.69, 9.17) is 11.6 Å². The Kier molecular flexibility index (Phi) is 5.91. The summed E-state index contributed by atoms with van der Waals surface area (Å²) in [6, 6.07) is 9.80. The number of hydrogen-bond donors (Lipinski definition) is 3. The third kappa shape index (κ3) is 4.83. The zero-order valence-corrected chi connectivity index (χ0v) is 20.5. The summed E-state index contributed by atoms with van der Waals surface area (Å²) in [4.78, 5) is 4.36. The van der Waals surface area contributed by atoms with Crippen molar-refractivity contribution in [1.29, 1.82) is 5.26 Å². The van der Waals surface area contributed by atoms with Crippen LogP contribution >= 0.6 is 11.6 Å². The van der Waals surface area contributed by atoms with Gasteiger partial charge in [-0.3, -0.25) is 4.98 Å². The van der Waals surface area contributed by atoms with Crippen LogP contribution in [-0.4, -0.2) is 37.2 Å². The molecule has 8 nitrogen and oxygen atoms in total. The second kappa shape index (κ2) is 9.37. The van der Waals surface area contributed by atoms with Crippen molar-refractivity contribution in [3.05, 3.63) is 76.5 Å². The zero-order chi connectivity index (χ0) is 26.4. The molecule has 3 N–H and O–H groups in total. The summed E-state index contributed by atoms with van der Waals surface area (Å²) in [5, 5.41) is 35.3. The number of benzene rings is 2. The Hall–Kier alpha value is -3.74. The van der Waals surface area contributed by atoms with E-state index in [1.54, 1.807) is 36.9 Å². The predicted molar refractivity (Wildman–Crippen MR) is 136 cm³/mol. The standard InChI is InChI=1S/C26H25ClFN7O/c1-26(2,14-36)32-23-16(11-29)12-30-25-20(23)9-18(10-21(25)27)31-24(15-3-5-17(28)6-4-15)22-13-35(34-33-22)19-7-8-19/h3-6,9-10,12-13,19,24,31,36H,7-8,14H2,1-2H3,(H,30,32)/i24D. The number of rotatable bonds is 8. The van der Waals surface area contributed by atoms with Crippen molar-refractivity contribution in [3.63, 3.8) is 0 Å². The van der Waals surface area contributed by atoms with E-state index in [2.05, 4.69) is 32.0 Å². The second-order valence-corrected chi connectivity index (χ2v) is 9.91. The van der Waals surface area contributed by atoms with Crippen molar-refractivity contribution < 1.29 is 10.9 Å². The van der Waals surface area contributed by atoms with E-state index in [9.17, 15) is 16.1 Å². The van der Waals surface area contributed by atoms with Crippen LogP contribution in [0, 0.1) is 17.1 Å². The molecule has 10 heteroatoms. The van der Waals surface area contributed by atoms with Crippen LogP contribution in [0.3, 0.4) is 0 Å². The Morgan fingerprint density at radius 2 is 2.08 bits per heavy atom.